The number of hydrogen-bond acceptors (Lipinski definition) is 5. The van der Waals surface area contributed by atoms with Gasteiger partial charge in [-0.15, -0.1) is 0 Å². The number of hydrogen-bond donors (Lipinski definition) is 0. The molecule has 27 heavy (non-hydrogen) atoms. The molecule has 2 aliphatic rings. The predicted molar refractivity (Wildman–Crippen MR) is 105 cm³/mol. The number of carbonyl (C=O) groups is 3. The van der Waals surface area contributed by atoms with Crippen molar-refractivity contribution in [3.63, 3.8) is 0 Å². The highest BCUT2D eigenvalue weighted by atomic mass is 28.4. The molecule has 0 aromatic heterocycles. The lowest BCUT2D eigenvalue weighted by atomic mass is 9.78. The molecule has 4 atom stereocenters. The van der Waals surface area contributed by atoms with Gasteiger partial charge in [0.05, 0.1) is 18.1 Å². The summed E-state index contributed by atoms with van der Waals surface area (Å²) in [5.41, 5.74) is 0.398. The second-order valence-corrected chi connectivity index (χ2v) is 13.7. The van der Waals surface area contributed by atoms with Crippen molar-refractivity contribution in [3.05, 3.63) is 23.9 Å². The maximum atomic E-state index is 12.9. The lowest BCUT2D eigenvalue weighted by molar-refractivity contribution is -0.163. The minimum absolute atomic E-state index is 0.0287. The fraction of sp³-hybridized carbons (Fsp3) is 0.650. The van der Waals surface area contributed by atoms with Gasteiger partial charge in [0.2, 0.25) is 5.91 Å². The molecule has 1 fully saturated rings. The monoisotopic (exact) mass is 393 g/mol. The van der Waals surface area contributed by atoms with Crippen LogP contribution in [-0.4, -0.2) is 50.1 Å². The van der Waals surface area contributed by atoms with Crippen molar-refractivity contribution in [2.45, 2.75) is 64.9 Å². The molecule has 150 valence electrons. The van der Waals surface area contributed by atoms with Gasteiger partial charge in [0.15, 0.2) is 8.32 Å². The largest absolute Gasteiger partial charge is 0.457 e. The van der Waals surface area contributed by atoms with Gasteiger partial charge in [0.1, 0.15) is 18.6 Å². The summed E-state index contributed by atoms with van der Waals surface area (Å²) in [6.45, 7) is 18.1. The summed E-state index contributed by atoms with van der Waals surface area (Å²) in [4.78, 5) is 38.3. The zero-order chi connectivity index (χ0) is 20.7. The van der Waals surface area contributed by atoms with Crippen LogP contribution in [0.25, 0.3) is 0 Å². The Bertz CT molecular complexity index is 691. The fourth-order valence-electron chi connectivity index (χ4n) is 3.64. The van der Waals surface area contributed by atoms with E-state index < -0.39 is 14.3 Å². The predicted octanol–water partition coefficient (Wildman–Crippen LogP) is 3.06. The standard InChI is InChI=1S/C20H31NO5Si/c1-9-10-25-19(24)17-14(11-22)12(2)16-15(18(23)21(16)17)13(3)26-27(7,8)20(4,5)6/h9,11-13,15-16H,1,10H2,2-8H3/t12-,13+,15+,16?/m0/s1. The molecular weight excluding hydrogens is 362 g/mol. The summed E-state index contributed by atoms with van der Waals surface area (Å²) >= 11 is 0. The van der Waals surface area contributed by atoms with Crippen molar-refractivity contribution in [3.8, 4) is 0 Å². The van der Waals surface area contributed by atoms with Gasteiger partial charge in [-0.3, -0.25) is 9.59 Å². The maximum absolute atomic E-state index is 12.9. The van der Waals surface area contributed by atoms with Crippen LogP contribution >= 0.6 is 0 Å². The molecule has 2 aliphatic heterocycles. The molecule has 0 N–H and O–H groups in total. The highest BCUT2D eigenvalue weighted by Crippen LogP contribution is 2.48. The van der Waals surface area contributed by atoms with E-state index in [0.29, 0.717) is 11.9 Å². The zero-order valence-electron chi connectivity index (χ0n) is 17.4. The van der Waals surface area contributed by atoms with Gasteiger partial charge in [-0.2, -0.15) is 0 Å². The Morgan fingerprint density at radius 3 is 2.44 bits per heavy atom. The molecule has 2 rings (SSSR count). The Morgan fingerprint density at radius 2 is 1.96 bits per heavy atom. The van der Waals surface area contributed by atoms with Crippen molar-refractivity contribution >= 4 is 26.5 Å². The van der Waals surface area contributed by atoms with Crippen LogP contribution in [0, 0.1) is 11.8 Å². The van der Waals surface area contributed by atoms with E-state index in [-0.39, 0.29) is 47.2 Å². The Hall–Kier alpha value is -1.73. The molecule has 0 saturated carbocycles. The zero-order valence-corrected chi connectivity index (χ0v) is 18.4. The second kappa shape index (κ2) is 7.35. The summed E-state index contributed by atoms with van der Waals surface area (Å²) in [5.74, 6) is -1.44. The quantitative estimate of drug-likeness (QED) is 0.218. The summed E-state index contributed by atoms with van der Waals surface area (Å²) in [5, 5.41) is 0.0287. The third-order valence-electron chi connectivity index (χ3n) is 6.15. The number of esters is 1. The van der Waals surface area contributed by atoms with E-state index in [9.17, 15) is 14.4 Å². The van der Waals surface area contributed by atoms with Gasteiger partial charge in [0, 0.05) is 11.5 Å². The molecule has 2 heterocycles. The summed E-state index contributed by atoms with van der Waals surface area (Å²) in [7, 11) is -2.05. The third-order valence-corrected chi connectivity index (χ3v) is 10.7. The first kappa shape index (κ1) is 21.6. The molecule has 1 unspecified atom stereocenters. The summed E-state index contributed by atoms with van der Waals surface area (Å²) in [6, 6.07) is -0.247. The average Bonchev–Trinajstić information content (AvgIpc) is 2.79. The van der Waals surface area contributed by atoms with E-state index in [1.807, 2.05) is 13.8 Å². The Balaban J connectivity index is 2.24. The van der Waals surface area contributed by atoms with Crippen LogP contribution in [0.5, 0.6) is 0 Å². The maximum Gasteiger partial charge on any atom is 0.355 e. The van der Waals surface area contributed by atoms with Crippen LogP contribution in [0.1, 0.15) is 34.6 Å². The first-order valence-corrected chi connectivity index (χ1v) is 12.3. The molecular formula is C20H31NO5Si. The smallest absolute Gasteiger partial charge is 0.355 e. The Morgan fingerprint density at radius 1 is 1.37 bits per heavy atom. The van der Waals surface area contributed by atoms with Crippen LogP contribution in [-0.2, 0) is 23.5 Å². The van der Waals surface area contributed by atoms with Crippen molar-refractivity contribution in [1.29, 1.82) is 0 Å². The van der Waals surface area contributed by atoms with Crippen molar-refractivity contribution in [1.82, 2.24) is 4.90 Å². The minimum atomic E-state index is -2.05. The number of β-lactam (4-membered cyclic amide) rings is 1. The van der Waals surface area contributed by atoms with Crippen LogP contribution in [0.4, 0.5) is 0 Å². The van der Waals surface area contributed by atoms with Gasteiger partial charge < -0.3 is 14.1 Å². The van der Waals surface area contributed by atoms with Gasteiger partial charge in [-0.25, -0.2) is 4.79 Å². The lowest BCUT2D eigenvalue weighted by Crippen LogP contribution is -2.65. The molecule has 0 aromatic carbocycles. The number of ether oxygens (including phenoxy) is 1. The SMILES string of the molecule is C=CCOC(=O)C1=C(C=O)[C@H](C)C2[C@@H]([C@@H](C)O[Si](C)(C)C(C)(C)C)C(=O)N12. The summed E-state index contributed by atoms with van der Waals surface area (Å²) in [6.07, 6.45) is 1.83. The number of carbonyl (C=O) groups excluding carboxylic acids is 3. The molecule has 0 aromatic rings. The average molecular weight is 394 g/mol. The van der Waals surface area contributed by atoms with Crippen LogP contribution in [0.15, 0.2) is 23.9 Å². The number of nitrogens with zero attached hydrogens (tertiary/aromatic N) is 1. The highest BCUT2D eigenvalue weighted by Gasteiger charge is 2.61. The number of amides is 1. The summed E-state index contributed by atoms with van der Waals surface area (Å²) < 4.78 is 11.5. The van der Waals surface area contributed by atoms with Crippen LogP contribution < -0.4 is 0 Å². The number of fused-ring (bicyclic) bond motifs is 1. The van der Waals surface area contributed by atoms with Gasteiger partial charge in [0.25, 0.3) is 0 Å². The molecule has 0 radical (unpaired) electrons. The highest BCUT2D eigenvalue weighted by molar-refractivity contribution is 6.74. The van der Waals surface area contributed by atoms with Crippen molar-refractivity contribution in [2.24, 2.45) is 11.8 Å². The van der Waals surface area contributed by atoms with E-state index in [1.54, 1.807) is 0 Å². The van der Waals surface area contributed by atoms with Crippen molar-refractivity contribution in [2.75, 3.05) is 6.61 Å². The van der Waals surface area contributed by atoms with E-state index in [4.69, 9.17) is 9.16 Å². The fourth-order valence-corrected chi connectivity index (χ4v) is 5.07. The molecule has 0 spiro atoms. The van der Waals surface area contributed by atoms with Gasteiger partial charge in [-0.1, -0.05) is 40.3 Å². The molecule has 1 amide bonds. The van der Waals surface area contributed by atoms with E-state index in [1.165, 1.54) is 11.0 Å². The molecule has 0 bridgehead atoms. The van der Waals surface area contributed by atoms with Crippen molar-refractivity contribution < 1.29 is 23.5 Å². The van der Waals surface area contributed by atoms with E-state index in [0.717, 1.165) is 0 Å². The number of rotatable bonds is 7. The minimum Gasteiger partial charge on any atom is -0.457 e. The second-order valence-electron chi connectivity index (χ2n) is 8.91. The molecule has 6 nitrogen and oxygen atoms in total. The Kier molecular flexibility index (Phi) is 5.87. The topological polar surface area (TPSA) is 72.9 Å². The molecule has 7 heteroatoms. The first-order chi connectivity index (χ1) is 12.4. The Labute approximate surface area is 162 Å². The normalized spacial score (nSPS) is 26.4. The first-order valence-electron chi connectivity index (χ1n) is 9.37. The van der Waals surface area contributed by atoms with Crippen LogP contribution in [0.2, 0.25) is 18.1 Å². The molecule has 1 saturated heterocycles. The van der Waals surface area contributed by atoms with E-state index >= 15 is 0 Å². The van der Waals surface area contributed by atoms with Crippen LogP contribution in [0.3, 0.4) is 0 Å². The van der Waals surface area contributed by atoms with Gasteiger partial charge in [-0.05, 0) is 25.1 Å². The lowest BCUT2D eigenvalue weighted by Gasteiger charge is -2.50. The number of aldehydes is 1. The third kappa shape index (κ3) is 3.54. The van der Waals surface area contributed by atoms with E-state index in [2.05, 4.69) is 40.4 Å². The van der Waals surface area contributed by atoms with Gasteiger partial charge >= 0.3 is 5.97 Å². The molecule has 0 aliphatic carbocycles.